The number of aromatic nitrogens is 6. The van der Waals surface area contributed by atoms with Crippen LogP contribution in [0, 0.1) is 20.8 Å². The van der Waals surface area contributed by atoms with Crippen LogP contribution in [0.3, 0.4) is 0 Å². The van der Waals surface area contributed by atoms with E-state index in [9.17, 15) is 4.79 Å². The molecule has 72 heavy (non-hydrogen) atoms. The van der Waals surface area contributed by atoms with Crippen LogP contribution in [0.5, 0.6) is 0 Å². The molecule has 5 heterocycles. The smallest absolute Gasteiger partial charge is 0.410 e. The van der Waals surface area contributed by atoms with Gasteiger partial charge in [-0.2, -0.15) is 15.0 Å². The average Bonchev–Trinajstić information content (AvgIpc) is 3.33. The van der Waals surface area contributed by atoms with Crippen LogP contribution in [-0.4, -0.2) is 172 Å². The Balaban J connectivity index is 1.31. The first-order valence-electron chi connectivity index (χ1n) is 27.6. The Bertz CT molecular complexity index is 2080. The van der Waals surface area contributed by atoms with E-state index < -0.39 is 5.60 Å². The average molecular weight is 1000 g/mol. The summed E-state index contributed by atoms with van der Waals surface area (Å²) in [5.41, 5.74) is 11.9. The molecule has 0 spiro atoms. The number of anilines is 6. The van der Waals surface area contributed by atoms with Gasteiger partial charge in [0.15, 0.2) is 0 Å². The highest BCUT2D eigenvalue weighted by Crippen LogP contribution is 2.26. The first-order valence-corrected chi connectivity index (χ1v) is 27.6. The van der Waals surface area contributed by atoms with Gasteiger partial charge < -0.3 is 57.1 Å². The Morgan fingerprint density at radius 3 is 1.83 bits per heavy atom. The zero-order chi connectivity index (χ0) is 52.0. The van der Waals surface area contributed by atoms with Gasteiger partial charge in [0.2, 0.25) is 17.8 Å². The number of nitrogen functional groups attached to an aromatic ring is 1. The Labute approximate surface area is 433 Å². The van der Waals surface area contributed by atoms with E-state index >= 15 is 0 Å². The van der Waals surface area contributed by atoms with Crippen LogP contribution in [0.4, 0.5) is 40.1 Å². The standard InChI is InChI=1S/C53H95N17O2/c1-12-16-25-56-47-43(22-18-30-68-32-27-55-28-33-68)40(7)61-51(65-47)63-45(20-13-2)62-48-44(23-19-31-69-34-36-70(37-35-69)52(71)72-53(9,10)11)41(8)60-50(66-48)58-38(5)24-26-57-46-42(39(6)59-49(54)64-46)21-17-29-67(14-3)15-4/h38,45,55H,12-37H2,1-11H3,(H3,54,57,59,64)(H2,56,61,63,65)(H2,58,60,62,66). The number of ether oxygens (including phenoxy) is 1. The lowest BCUT2D eigenvalue weighted by Crippen LogP contribution is -2.50. The van der Waals surface area contributed by atoms with Crippen molar-refractivity contribution in [2.24, 2.45) is 0 Å². The highest BCUT2D eigenvalue weighted by atomic mass is 16.6. The highest BCUT2D eigenvalue weighted by Gasteiger charge is 2.26. The molecule has 19 heteroatoms. The molecule has 0 aromatic carbocycles. The molecule has 0 radical (unpaired) electrons. The number of rotatable bonds is 30. The molecular formula is C53H95N17O2. The molecule has 0 bridgehead atoms. The highest BCUT2D eigenvalue weighted by molar-refractivity contribution is 5.68. The van der Waals surface area contributed by atoms with Gasteiger partial charge in [-0.3, -0.25) is 4.90 Å². The van der Waals surface area contributed by atoms with E-state index in [1.54, 1.807) is 0 Å². The molecular weight excluding hydrogens is 907 g/mol. The first kappa shape index (κ1) is 58.0. The zero-order valence-corrected chi connectivity index (χ0v) is 46.4. The van der Waals surface area contributed by atoms with Crippen molar-refractivity contribution in [1.29, 1.82) is 0 Å². The number of unbranched alkanes of at least 4 members (excludes halogenated alkanes) is 1. The predicted octanol–water partition coefficient (Wildman–Crippen LogP) is 7.33. The first-order chi connectivity index (χ1) is 34.6. The van der Waals surface area contributed by atoms with Crippen molar-refractivity contribution < 1.29 is 9.53 Å². The lowest BCUT2D eigenvalue weighted by molar-refractivity contribution is 0.0144. The maximum Gasteiger partial charge on any atom is 0.410 e. The summed E-state index contributed by atoms with van der Waals surface area (Å²) < 4.78 is 5.65. The van der Waals surface area contributed by atoms with Crippen molar-refractivity contribution in [1.82, 2.24) is 54.8 Å². The SMILES string of the molecule is CCCCNc1nc(NC(CCC)Nc2nc(NC(C)CCNc3nc(N)nc(C)c3CCCN(CC)CC)nc(C)c2CCCN2CCN(C(=O)OC(C)(C)C)CC2)nc(C)c1CCCN1CCNCC1. The van der Waals surface area contributed by atoms with E-state index in [2.05, 4.69) is 105 Å². The molecule has 2 unspecified atom stereocenters. The van der Waals surface area contributed by atoms with Gasteiger partial charge in [-0.25, -0.2) is 19.7 Å². The molecule has 2 atom stereocenters. The molecule has 19 nitrogen and oxygen atoms in total. The number of nitrogens with one attached hydrogen (secondary N) is 6. The summed E-state index contributed by atoms with van der Waals surface area (Å²) in [6.45, 7) is 36.9. The number of carbonyl (C=O) groups is 1. The maximum atomic E-state index is 12.8. The van der Waals surface area contributed by atoms with Crippen LogP contribution >= 0.6 is 0 Å². The minimum atomic E-state index is -0.510. The minimum Gasteiger partial charge on any atom is -0.444 e. The summed E-state index contributed by atoms with van der Waals surface area (Å²) in [4.78, 5) is 51.7. The van der Waals surface area contributed by atoms with Crippen LogP contribution in [0.15, 0.2) is 0 Å². The topological polar surface area (TPSA) is 215 Å². The third kappa shape index (κ3) is 19.2. The quantitative estimate of drug-likeness (QED) is 0.0257. The minimum absolute atomic E-state index is 0.0521. The summed E-state index contributed by atoms with van der Waals surface area (Å²) >= 11 is 0. The Morgan fingerprint density at radius 1 is 0.667 bits per heavy atom. The van der Waals surface area contributed by atoms with Gasteiger partial charge in [0.25, 0.3) is 0 Å². The molecule has 2 aliphatic heterocycles. The summed E-state index contributed by atoms with van der Waals surface area (Å²) in [5.74, 6) is 4.03. The number of aryl methyl sites for hydroxylation is 3. The molecule has 1 amide bonds. The molecule has 404 valence electrons. The number of amides is 1. The van der Waals surface area contributed by atoms with Crippen LogP contribution in [0.1, 0.15) is 141 Å². The number of hydrogen-bond donors (Lipinski definition) is 7. The molecule has 2 aliphatic rings. The number of piperazine rings is 2. The molecule has 2 saturated heterocycles. The second-order valence-electron chi connectivity index (χ2n) is 20.8. The van der Waals surface area contributed by atoms with Gasteiger partial charge >= 0.3 is 6.09 Å². The largest absolute Gasteiger partial charge is 0.444 e. The van der Waals surface area contributed by atoms with Crippen LogP contribution < -0.4 is 37.6 Å². The second-order valence-corrected chi connectivity index (χ2v) is 20.8. The van der Waals surface area contributed by atoms with Gasteiger partial charge in [0.1, 0.15) is 29.2 Å². The second kappa shape index (κ2) is 29.7. The van der Waals surface area contributed by atoms with Crippen LogP contribution in [0.2, 0.25) is 0 Å². The number of hydrogen-bond acceptors (Lipinski definition) is 18. The molecule has 5 rings (SSSR count). The molecule has 2 fully saturated rings. The van der Waals surface area contributed by atoms with Crippen molar-refractivity contribution in [3.05, 3.63) is 33.8 Å². The van der Waals surface area contributed by atoms with Crippen molar-refractivity contribution in [3.63, 3.8) is 0 Å². The van der Waals surface area contributed by atoms with Crippen LogP contribution in [0.25, 0.3) is 0 Å². The van der Waals surface area contributed by atoms with Gasteiger partial charge in [-0.05, 0) is 139 Å². The summed E-state index contributed by atoms with van der Waals surface area (Å²) in [6, 6.07) is 0.0521. The van der Waals surface area contributed by atoms with E-state index in [1.165, 1.54) is 5.56 Å². The molecule has 0 saturated carbocycles. The summed E-state index contributed by atoms with van der Waals surface area (Å²) in [5, 5.41) is 21.9. The lowest BCUT2D eigenvalue weighted by Gasteiger charge is -2.35. The van der Waals surface area contributed by atoms with Crippen LogP contribution in [-0.2, 0) is 24.0 Å². The number of nitrogens with two attached hydrogens (primary N) is 1. The van der Waals surface area contributed by atoms with Crippen molar-refractivity contribution in [2.75, 3.05) is 130 Å². The number of carbonyl (C=O) groups excluding carboxylic acids is 1. The molecule has 3 aromatic heterocycles. The van der Waals surface area contributed by atoms with Gasteiger partial charge in [-0.15, -0.1) is 0 Å². The normalized spacial score (nSPS) is 15.6. The van der Waals surface area contributed by atoms with Gasteiger partial charge in [0.05, 0.1) is 0 Å². The Morgan fingerprint density at radius 2 is 1.22 bits per heavy atom. The summed E-state index contributed by atoms with van der Waals surface area (Å²) in [6.07, 6.45) is 9.95. The van der Waals surface area contributed by atoms with E-state index in [4.69, 9.17) is 30.4 Å². The Kier molecular flexibility index (Phi) is 24.0. The van der Waals surface area contributed by atoms with Crippen molar-refractivity contribution >= 4 is 41.4 Å². The van der Waals surface area contributed by atoms with E-state index in [1.807, 2.05) is 32.6 Å². The van der Waals surface area contributed by atoms with Crippen molar-refractivity contribution in [3.8, 4) is 0 Å². The molecule has 3 aromatic rings. The van der Waals surface area contributed by atoms with Gasteiger partial charge in [-0.1, -0.05) is 40.5 Å². The van der Waals surface area contributed by atoms with E-state index in [0.29, 0.717) is 31.5 Å². The Hall–Kier alpha value is -4.85. The van der Waals surface area contributed by atoms with E-state index in [-0.39, 0.29) is 24.2 Å². The van der Waals surface area contributed by atoms with E-state index in [0.717, 1.165) is 195 Å². The van der Waals surface area contributed by atoms with Gasteiger partial charge in [0, 0.05) is 105 Å². The van der Waals surface area contributed by atoms with Crippen molar-refractivity contribution in [2.45, 2.75) is 165 Å². The fraction of sp³-hybridized carbons (Fsp3) is 0.755. The summed E-state index contributed by atoms with van der Waals surface area (Å²) in [7, 11) is 0. The molecule has 0 aliphatic carbocycles. The third-order valence-corrected chi connectivity index (χ3v) is 13.8. The fourth-order valence-corrected chi connectivity index (χ4v) is 9.52. The number of nitrogens with zero attached hydrogens (tertiary/aromatic N) is 10. The monoisotopic (exact) mass is 1000 g/mol. The lowest BCUT2D eigenvalue weighted by atomic mass is 10.1. The molecule has 8 N–H and O–H groups in total. The zero-order valence-electron chi connectivity index (χ0n) is 46.4. The maximum absolute atomic E-state index is 12.8. The predicted molar refractivity (Wildman–Crippen MR) is 297 cm³/mol. The fourth-order valence-electron chi connectivity index (χ4n) is 9.52. The third-order valence-electron chi connectivity index (χ3n) is 13.8.